The van der Waals surface area contributed by atoms with Crippen LogP contribution in [-0.4, -0.2) is 10.9 Å². The fraction of sp³-hybridized carbons (Fsp3) is 0.100. The summed E-state index contributed by atoms with van der Waals surface area (Å²) in [6, 6.07) is 20.3. The van der Waals surface area contributed by atoms with Gasteiger partial charge in [-0.2, -0.15) is 0 Å². The quantitative estimate of drug-likeness (QED) is 0.760. The van der Waals surface area contributed by atoms with Crippen molar-refractivity contribution in [1.82, 2.24) is 10.3 Å². The first kappa shape index (κ1) is 15.7. The van der Waals surface area contributed by atoms with Crippen LogP contribution in [0.25, 0.3) is 0 Å². The minimum atomic E-state index is -0.183. The molecule has 1 heterocycles. The van der Waals surface area contributed by atoms with Gasteiger partial charge >= 0.3 is 0 Å². The topological polar surface area (TPSA) is 51.2 Å². The van der Waals surface area contributed by atoms with Crippen LogP contribution in [0.1, 0.15) is 28.9 Å². The Kier molecular flexibility index (Phi) is 4.87. The lowest BCUT2D eigenvalue weighted by Gasteiger charge is -2.16. The molecule has 0 bridgehead atoms. The third-order valence-corrected chi connectivity index (χ3v) is 3.63. The van der Waals surface area contributed by atoms with Gasteiger partial charge in [0.15, 0.2) is 0 Å². The number of carbonyl (C=O) groups excluding carboxylic acids is 1. The normalized spacial score (nSPS) is 11.5. The first-order valence-corrected chi connectivity index (χ1v) is 7.77. The highest BCUT2D eigenvalue weighted by Gasteiger charge is 2.16. The third-order valence-electron chi connectivity index (χ3n) is 3.63. The number of hydrogen-bond acceptors (Lipinski definition) is 3. The van der Waals surface area contributed by atoms with E-state index >= 15 is 0 Å². The van der Waals surface area contributed by atoms with Crippen LogP contribution in [0.3, 0.4) is 0 Å². The zero-order valence-electron chi connectivity index (χ0n) is 13.3. The number of carbonyl (C=O) groups is 1. The molecule has 1 amide bonds. The number of benzene rings is 2. The molecular weight excluding hydrogens is 300 g/mol. The van der Waals surface area contributed by atoms with Crippen molar-refractivity contribution >= 4 is 5.91 Å². The van der Waals surface area contributed by atoms with E-state index < -0.39 is 0 Å². The van der Waals surface area contributed by atoms with Crippen molar-refractivity contribution in [2.45, 2.75) is 13.0 Å². The maximum absolute atomic E-state index is 12.6. The van der Waals surface area contributed by atoms with Crippen LogP contribution in [-0.2, 0) is 0 Å². The standard InChI is InChI=1S/C20H18N2O2/c1-15(16-8-7-13-21-14-16)22-20(23)18-11-5-6-12-19(18)24-17-9-3-2-4-10-17/h2-15H,1H3,(H,22,23). The van der Waals surface area contributed by atoms with E-state index in [1.54, 1.807) is 24.5 Å². The van der Waals surface area contributed by atoms with Crippen molar-refractivity contribution < 1.29 is 9.53 Å². The predicted molar refractivity (Wildman–Crippen MR) is 93.1 cm³/mol. The summed E-state index contributed by atoms with van der Waals surface area (Å²) in [5.74, 6) is 1.04. The monoisotopic (exact) mass is 318 g/mol. The molecule has 0 fully saturated rings. The average molecular weight is 318 g/mol. The van der Waals surface area contributed by atoms with Crippen LogP contribution >= 0.6 is 0 Å². The Balaban J connectivity index is 1.78. The van der Waals surface area contributed by atoms with E-state index in [1.165, 1.54) is 0 Å². The SMILES string of the molecule is CC(NC(=O)c1ccccc1Oc1ccccc1)c1cccnc1. The van der Waals surface area contributed by atoms with E-state index in [9.17, 15) is 4.79 Å². The van der Waals surface area contributed by atoms with Crippen molar-refractivity contribution in [1.29, 1.82) is 0 Å². The molecule has 3 rings (SSSR count). The van der Waals surface area contributed by atoms with E-state index in [0.717, 1.165) is 5.56 Å². The van der Waals surface area contributed by atoms with Crippen molar-refractivity contribution in [2.24, 2.45) is 0 Å². The molecule has 1 N–H and O–H groups in total. The van der Waals surface area contributed by atoms with E-state index in [1.807, 2.05) is 61.5 Å². The van der Waals surface area contributed by atoms with Crippen molar-refractivity contribution in [3.8, 4) is 11.5 Å². The van der Waals surface area contributed by atoms with Crippen molar-refractivity contribution in [2.75, 3.05) is 0 Å². The van der Waals surface area contributed by atoms with Crippen LogP contribution < -0.4 is 10.1 Å². The predicted octanol–water partition coefficient (Wildman–Crippen LogP) is 4.36. The van der Waals surface area contributed by atoms with E-state index in [0.29, 0.717) is 17.1 Å². The summed E-state index contributed by atoms with van der Waals surface area (Å²) < 4.78 is 5.84. The Morgan fingerprint density at radius 1 is 1.00 bits per heavy atom. The number of pyridine rings is 1. The Hall–Kier alpha value is -3.14. The molecule has 0 spiro atoms. The fourth-order valence-electron chi connectivity index (χ4n) is 2.35. The molecule has 0 radical (unpaired) electrons. The molecule has 3 aromatic rings. The summed E-state index contributed by atoms with van der Waals surface area (Å²) in [7, 11) is 0. The molecule has 0 saturated carbocycles. The maximum Gasteiger partial charge on any atom is 0.255 e. The van der Waals surface area contributed by atoms with Crippen LogP contribution in [0.5, 0.6) is 11.5 Å². The van der Waals surface area contributed by atoms with Crippen molar-refractivity contribution in [3.05, 3.63) is 90.3 Å². The largest absolute Gasteiger partial charge is 0.457 e. The van der Waals surface area contributed by atoms with Gasteiger partial charge in [0.2, 0.25) is 0 Å². The fourth-order valence-corrected chi connectivity index (χ4v) is 2.35. The molecule has 4 nitrogen and oxygen atoms in total. The average Bonchev–Trinajstić information content (AvgIpc) is 2.63. The van der Waals surface area contributed by atoms with Crippen LogP contribution in [0, 0.1) is 0 Å². The molecule has 120 valence electrons. The highest BCUT2D eigenvalue weighted by atomic mass is 16.5. The summed E-state index contributed by atoms with van der Waals surface area (Å²) in [6.45, 7) is 1.93. The van der Waals surface area contributed by atoms with Crippen LogP contribution in [0.15, 0.2) is 79.1 Å². The summed E-state index contributed by atoms with van der Waals surface area (Å²) in [5.41, 5.74) is 1.45. The highest BCUT2D eigenvalue weighted by molar-refractivity contribution is 5.97. The van der Waals surface area contributed by atoms with Gasteiger partial charge in [-0.1, -0.05) is 36.4 Å². The van der Waals surface area contributed by atoms with Gasteiger partial charge in [0.1, 0.15) is 11.5 Å². The van der Waals surface area contributed by atoms with Gasteiger partial charge < -0.3 is 10.1 Å². The summed E-state index contributed by atoms with van der Waals surface area (Å²) in [4.78, 5) is 16.7. The van der Waals surface area contributed by atoms with E-state index in [4.69, 9.17) is 4.74 Å². The molecule has 4 heteroatoms. The molecule has 0 saturated heterocycles. The van der Waals surface area contributed by atoms with Gasteiger partial charge in [0.05, 0.1) is 11.6 Å². The van der Waals surface area contributed by atoms with Gasteiger partial charge in [-0.15, -0.1) is 0 Å². The highest BCUT2D eigenvalue weighted by Crippen LogP contribution is 2.25. The second kappa shape index (κ2) is 7.42. The molecule has 0 aliphatic carbocycles. The number of rotatable bonds is 5. The maximum atomic E-state index is 12.6. The van der Waals surface area contributed by atoms with Gasteiger partial charge in [-0.05, 0) is 42.8 Å². The number of ether oxygens (including phenoxy) is 1. The van der Waals surface area contributed by atoms with E-state index in [-0.39, 0.29) is 11.9 Å². The molecule has 2 aromatic carbocycles. The lowest BCUT2D eigenvalue weighted by Crippen LogP contribution is -2.27. The summed E-state index contributed by atoms with van der Waals surface area (Å²) in [5, 5.41) is 2.98. The zero-order valence-corrected chi connectivity index (χ0v) is 13.3. The lowest BCUT2D eigenvalue weighted by molar-refractivity contribution is 0.0937. The summed E-state index contributed by atoms with van der Waals surface area (Å²) >= 11 is 0. The molecule has 1 aromatic heterocycles. The Labute approximate surface area is 141 Å². The molecular formula is C20H18N2O2. The van der Waals surface area contributed by atoms with E-state index in [2.05, 4.69) is 10.3 Å². The number of amides is 1. The Bertz CT molecular complexity index is 804. The van der Waals surface area contributed by atoms with Crippen LogP contribution in [0.4, 0.5) is 0 Å². The number of hydrogen-bond donors (Lipinski definition) is 1. The number of para-hydroxylation sites is 2. The van der Waals surface area contributed by atoms with Gasteiger partial charge in [0, 0.05) is 12.4 Å². The first-order chi connectivity index (χ1) is 11.7. The molecule has 0 aliphatic heterocycles. The molecule has 1 atom stereocenters. The second-order valence-corrected chi connectivity index (χ2v) is 5.39. The Morgan fingerprint density at radius 2 is 1.75 bits per heavy atom. The Morgan fingerprint density at radius 3 is 2.50 bits per heavy atom. The molecule has 1 unspecified atom stereocenters. The molecule has 24 heavy (non-hydrogen) atoms. The number of nitrogens with one attached hydrogen (secondary N) is 1. The smallest absolute Gasteiger partial charge is 0.255 e. The summed E-state index contributed by atoms with van der Waals surface area (Å²) in [6.07, 6.45) is 3.46. The first-order valence-electron chi connectivity index (χ1n) is 7.77. The van der Waals surface area contributed by atoms with Gasteiger partial charge in [-0.3, -0.25) is 9.78 Å². The third kappa shape index (κ3) is 3.79. The van der Waals surface area contributed by atoms with Gasteiger partial charge in [-0.25, -0.2) is 0 Å². The van der Waals surface area contributed by atoms with Crippen LogP contribution in [0.2, 0.25) is 0 Å². The van der Waals surface area contributed by atoms with Gasteiger partial charge in [0.25, 0.3) is 5.91 Å². The zero-order chi connectivity index (χ0) is 16.8. The lowest BCUT2D eigenvalue weighted by atomic mass is 10.1. The number of aromatic nitrogens is 1. The second-order valence-electron chi connectivity index (χ2n) is 5.39. The molecule has 0 aliphatic rings. The number of nitrogens with zero attached hydrogens (tertiary/aromatic N) is 1. The minimum Gasteiger partial charge on any atom is -0.457 e. The minimum absolute atomic E-state index is 0.143. The van der Waals surface area contributed by atoms with Crippen molar-refractivity contribution in [3.63, 3.8) is 0 Å².